The Kier molecular flexibility index (Phi) is 4.30. The normalized spacial score (nSPS) is 18.8. The molecule has 1 saturated heterocycles. The van der Waals surface area contributed by atoms with E-state index >= 15 is 0 Å². The minimum absolute atomic E-state index is 0.270. The van der Waals surface area contributed by atoms with Crippen molar-refractivity contribution in [3.63, 3.8) is 0 Å². The van der Waals surface area contributed by atoms with Crippen LogP contribution >= 0.6 is 0 Å². The number of rotatable bonds is 3. The highest BCUT2D eigenvalue weighted by atomic mass is 19.4. The lowest BCUT2D eigenvalue weighted by Gasteiger charge is -2.06. The van der Waals surface area contributed by atoms with Crippen LogP contribution in [0.3, 0.4) is 0 Å². The van der Waals surface area contributed by atoms with Gasteiger partial charge in [0.05, 0.1) is 12.2 Å². The maximum Gasteiger partial charge on any atom is 0.416 e. The molecule has 112 valence electrons. The molecule has 2 rings (SSSR count). The van der Waals surface area contributed by atoms with Gasteiger partial charge in [-0.25, -0.2) is 4.79 Å². The molecule has 1 amide bonds. The minimum atomic E-state index is -4.39. The highest BCUT2D eigenvalue weighted by Crippen LogP contribution is 2.29. The van der Waals surface area contributed by atoms with E-state index in [1.165, 1.54) is 18.2 Å². The topological polar surface area (TPSA) is 55.4 Å². The zero-order valence-corrected chi connectivity index (χ0v) is 10.8. The molecule has 4 nitrogen and oxygen atoms in total. The molecule has 1 fully saturated rings. The lowest BCUT2D eigenvalue weighted by atomic mass is 10.1. The predicted molar refractivity (Wildman–Crippen MR) is 68.0 cm³/mol. The SMILES string of the molecule is O=C(/C=C/c1ccc(C(F)(F)F)cc1)N[C@H]1CCOC1=O. The number of hydrogen-bond donors (Lipinski definition) is 1. The van der Waals surface area contributed by atoms with Crippen molar-refractivity contribution in [1.82, 2.24) is 5.32 Å². The molecule has 1 aliphatic rings. The van der Waals surface area contributed by atoms with Crippen LogP contribution in [0.25, 0.3) is 6.08 Å². The minimum Gasteiger partial charge on any atom is -0.464 e. The molecule has 0 radical (unpaired) electrons. The quantitative estimate of drug-likeness (QED) is 0.687. The number of carbonyl (C=O) groups is 2. The van der Waals surface area contributed by atoms with Crippen LogP contribution in [0.4, 0.5) is 13.2 Å². The molecule has 1 N–H and O–H groups in total. The van der Waals surface area contributed by atoms with Crippen molar-refractivity contribution < 1.29 is 27.5 Å². The van der Waals surface area contributed by atoms with Gasteiger partial charge in [-0.15, -0.1) is 0 Å². The van der Waals surface area contributed by atoms with E-state index in [4.69, 9.17) is 0 Å². The van der Waals surface area contributed by atoms with Gasteiger partial charge in [0.1, 0.15) is 6.04 Å². The third kappa shape index (κ3) is 4.08. The standard InChI is InChI=1S/C14H12F3NO3/c15-14(16,17)10-4-1-9(2-5-10)3-6-12(19)18-11-7-8-21-13(11)20/h1-6,11H,7-8H2,(H,18,19)/b6-3+/t11-/m0/s1. The van der Waals surface area contributed by atoms with Gasteiger partial charge in [0.15, 0.2) is 0 Å². The summed E-state index contributed by atoms with van der Waals surface area (Å²) in [5, 5.41) is 2.45. The van der Waals surface area contributed by atoms with Crippen molar-refractivity contribution in [1.29, 1.82) is 0 Å². The van der Waals surface area contributed by atoms with Gasteiger partial charge in [0.2, 0.25) is 5.91 Å². The molecule has 0 spiro atoms. The Labute approximate surface area is 118 Å². The van der Waals surface area contributed by atoms with Crippen LogP contribution in [0.5, 0.6) is 0 Å². The Balaban J connectivity index is 1.94. The first-order valence-corrected chi connectivity index (χ1v) is 6.19. The van der Waals surface area contributed by atoms with Gasteiger partial charge in [-0.05, 0) is 23.8 Å². The fourth-order valence-corrected chi connectivity index (χ4v) is 1.80. The van der Waals surface area contributed by atoms with Gasteiger partial charge >= 0.3 is 12.1 Å². The first-order chi connectivity index (χ1) is 9.86. The summed E-state index contributed by atoms with van der Waals surface area (Å²) in [5.41, 5.74) is -0.301. The Hall–Kier alpha value is -2.31. The van der Waals surface area contributed by atoms with Gasteiger partial charge < -0.3 is 10.1 Å². The molecule has 1 aromatic carbocycles. The molecule has 1 atom stereocenters. The Bertz CT molecular complexity index is 564. The first-order valence-electron chi connectivity index (χ1n) is 6.19. The van der Waals surface area contributed by atoms with Gasteiger partial charge in [-0.1, -0.05) is 12.1 Å². The third-order valence-corrected chi connectivity index (χ3v) is 2.92. The number of hydrogen-bond acceptors (Lipinski definition) is 3. The molecule has 0 aromatic heterocycles. The van der Waals surface area contributed by atoms with Crippen molar-refractivity contribution in [3.8, 4) is 0 Å². The fraction of sp³-hybridized carbons (Fsp3) is 0.286. The highest BCUT2D eigenvalue weighted by Gasteiger charge is 2.30. The molecule has 0 bridgehead atoms. The van der Waals surface area contributed by atoms with E-state index in [0.717, 1.165) is 18.2 Å². The van der Waals surface area contributed by atoms with Crippen LogP contribution in [-0.2, 0) is 20.5 Å². The number of halogens is 3. The molecular weight excluding hydrogens is 287 g/mol. The third-order valence-electron chi connectivity index (χ3n) is 2.92. The zero-order chi connectivity index (χ0) is 15.5. The molecule has 7 heteroatoms. The van der Waals surface area contributed by atoms with E-state index in [2.05, 4.69) is 10.1 Å². The number of carbonyl (C=O) groups excluding carboxylic acids is 2. The van der Waals surface area contributed by atoms with E-state index in [1.54, 1.807) is 0 Å². The summed E-state index contributed by atoms with van der Waals surface area (Å²) in [6.07, 6.45) is -1.44. The number of esters is 1. The van der Waals surface area contributed by atoms with Crippen molar-refractivity contribution in [2.75, 3.05) is 6.61 Å². The molecule has 1 aromatic rings. The second-order valence-electron chi connectivity index (χ2n) is 4.47. The summed E-state index contributed by atoms with van der Waals surface area (Å²) in [5.74, 6) is -0.981. The van der Waals surface area contributed by atoms with Crippen LogP contribution in [-0.4, -0.2) is 24.5 Å². The summed E-state index contributed by atoms with van der Waals surface area (Å²) in [6, 6.07) is 3.74. The van der Waals surface area contributed by atoms with Crippen LogP contribution in [0.1, 0.15) is 17.5 Å². The van der Waals surface area contributed by atoms with Gasteiger partial charge in [-0.3, -0.25) is 4.79 Å². The molecular formula is C14H12F3NO3. The lowest BCUT2D eigenvalue weighted by Crippen LogP contribution is -2.36. The predicted octanol–water partition coefficient (Wildman–Crippen LogP) is 2.15. The Morgan fingerprint density at radius 2 is 1.95 bits per heavy atom. The number of alkyl halides is 3. The summed E-state index contributed by atoms with van der Waals surface area (Å²) in [4.78, 5) is 22.7. The average Bonchev–Trinajstić information content (AvgIpc) is 2.81. The van der Waals surface area contributed by atoms with Gasteiger partial charge in [0.25, 0.3) is 0 Å². The number of nitrogens with one attached hydrogen (secondary N) is 1. The zero-order valence-electron chi connectivity index (χ0n) is 10.8. The maximum absolute atomic E-state index is 12.4. The highest BCUT2D eigenvalue weighted by molar-refractivity contribution is 5.94. The maximum atomic E-state index is 12.4. The summed E-state index contributed by atoms with van der Waals surface area (Å²) in [6.45, 7) is 0.270. The van der Waals surface area contributed by atoms with Gasteiger partial charge in [-0.2, -0.15) is 13.2 Å². The Morgan fingerprint density at radius 1 is 1.29 bits per heavy atom. The van der Waals surface area contributed by atoms with Crippen LogP contribution < -0.4 is 5.32 Å². The van der Waals surface area contributed by atoms with E-state index < -0.39 is 29.7 Å². The Morgan fingerprint density at radius 3 is 2.48 bits per heavy atom. The second kappa shape index (κ2) is 5.99. The number of cyclic esters (lactones) is 1. The van der Waals surface area contributed by atoms with Crippen LogP contribution in [0.15, 0.2) is 30.3 Å². The number of amides is 1. The monoisotopic (exact) mass is 299 g/mol. The van der Waals surface area contributed by atoms with E-state index in [-0.39, 0.29) is 6.61 Å². The lowest BCUT2D eigenvalue weighted by molar-refractivity contribution is -0.141. The van der Waals surface area contributed by atoms with E-state index in [0.29, 0.717) is 12.0 Å². The molecule has 21 heavy (non-hydrogen) atoms. The van der Waals surface area contributed by atoms with Crippen molar-refractivity contribution in [2.45, 2.75) is 18.6 Å². The number of benzene rings is 1. The van der Waals surface area contributed by atoms with E-state index in [9.17, 15) is 22.8 Å². The fourth-order valence-electron chi connectivity index (χ4n) is 1.80. The molecule has 1 aliphatic heterocycles. The van der Waals surface area contributed by atoms with E-state index in [1.807, 2.05) is 0 Å². The summed E-state index contributed by atoms with van der Waals surface area (Å²) < 4.78 is 41.8. The van der Waals surface area contributed by atoms with Crippen molar-refractivity contribution >= 4 is 18.0 Å². The number of ether oxygens (including phenoxy) is 1. The molecule has 0 unspecified atom stereocenters. The van der Waals surface area contributed by atoms with Crippen LogP contribution in [0.2, 0.25) is 0 Å². The second-order valence-corrected chi connectivity index (χ2v) is 4.47. The van der Waals surface area contributed by atoms with Crippen LogP contribution in [0, 0.1) is 0 Å². The molecule has 1 heterocycles. The average molecular weight is 299 g/mol. The molecule has 0 aliphatic carbocycles. The smallest absolute Gasteiger partial charge is 0.416 e. The first kappa shape index (κ1) is 15.1. The molecule has 0 saturated carbocycles. The largest absolute Gasteiger partial charge is 0.464 e. The summed E-state index contributed by atoms with van der Waals surface area (Å²) >= 11 is 0. The summed E-state index contributed by atoms with van der Waals surface area (Å²) in [7, 11) is 0. The van der Waals surface area contributed by atoms with Crippen molar-refractivity contribution in [2.24, 2.45) is 0 Å². The van der Waals surface area contributed by atoms with Gasteiger partial charge in [0, 0.05) is 12.5 Å². The van der Waals surface area contributed by atoms with Crippen molar-refractivity contribution in [3.05, 3.63) is 41.5 Å².